The predicted octanol–water partition coefficient (Wildman–Crippen LogP) is 3.44. The number of hydrogen-bond acceptors (Lipinski definition) is 4. The molecule has 0 aliphatic heterocycles. The van der Waals surface area contributed by atoms with Gasteiger partial charge in [0.25, 0.3) is 0 Å². The Labute approximate surface area is 114 Å². The van der Waals surface area contributed by atoms with Crippen LogP contribution < -0.4 is 0 Å². The molecule has 16 heavy (non-hydrogen) atoms. The van der Waals surface area contributed by atoms with E-state index in [1.54, 1.807) is 6.34 Å². The number of benzene rings is 1. The second kappa shape index (κ2) is 4.77. The lowest BCUT2D eigenvalue weighted by Gasteiger charge is -2.04. The molecule has 0 amide bonds. The number of halogens is 2. The van der Waals surface area contributed by atoms with E-state index in [1.807, 2.05) is 25.1 Å². The molecule has 0 N–H and O–H groups in total. The summed E-state index contributed by atoms with van der Waals surface area (Å²) in [5, 5.41) is 0. The molecule has 4 nitrogen and oxygen atoms in total. The van der Waals surface area contributed by atoms with E-state index in [2.05, 4.69) is 45.6 Å². The molecule has 0 saturated carbocycles. The second-order valence-corrected chi connectivity index (χ2v) is 5.60. The number of nitrogens with zero attached hydrogens (tertiary/aromatic N) is 4. The Hall–Kier alpha value is -0.530. The highest BCUT2D eigenvalue weighted by molar-refractivity contribution is 9.11. The van der Waals surface area contributed by atoms with Crippen LogP contribution in [0.3, 0.4) is 0 Å². The molecule has 1 heterocycles. The van der Waals surface area contributed by atoms with Gasteiger partial charge >= 0.3 is 0 Å². The van der Waals surface area contributed by atoms with Gasteiger partial charge in [0.05, 0.1) is 18.1 Å². The van der Waals surface area contributed by atoms with Crippen LogP contribution in [-0.2, 0) is 0 Å². The van der Waals surface area contributed by atoms with E-state index in [0.29, 0.717) is 0 Å². The van der Waals surface area contributed by atoms with Gasteiger partial charge in [-0.15, -0.1) is 0 Å². The number of fused-ring (bicyclic) bond motifs is 1. The molecule has 0 spiro atoms. The van der Waals surface area contributed by atoms with Gasteiger partial charge in [0, 0.05) is 23.0 Å². The van der Waals surface area contributed by atoms with E-state index in [9.17, 15) is 0 Å². The SMILES string of the molecule is CN(C)C=Nc1c(Br)cc(Br)c2nsnc12. The number of hydrogen-bond donors (Lipinski definition) is 0. The van der Waals surface area contributed by atoms with Crippen LogP contribution in [0.5, 0.6) is 0 Å². The van der Waals surface area contributed by atoms with Crippen molar-refractivity contribution in [1.82, 2.24) is 13.6 Å². The van der Waals surface area contributed by atoms with Crippen LogP contribution in [0.25, 0.3) is 11.0 Å². The molecule has 0 saturated heterocycles. The third kappa shape index (κ3) is 2.26. The molecule has 2 rings (SSSR count). The van der Waals surface area contributed by atoms with Gasteiger partial charge in [0.1, 0.15) is 16.7 Å². The minimum Gasteiger partial charge on any atom is -0.369 e. The van der Waals surface area contributed by atoms with Crippen LogP contribution in [-0.4, -0.2) is 34.1 Å². The molecule has 0 unspecified atom stereocenters. The Morgan fingerprint density at radius 1 is 1.25 bits per heavy atom. The summed E-state index contributed by atoms with van der Waals surface area (Å²) in [4.78, 5) is 6.26. The Balaban J connectivity index is 2.63. The van der Waals surface area contributed by atoms with E-state index >= 15 is 0 Å². The molecule has 84 valence electrons. The molecule has 1 aromatic carbocycles. The number of aromatic nitrogens is 2. The maximum Gasteiger partial charge on any atom is 0.132 e. The second-order valence-electron chi connectivity index (χ2n) is 3.36. The lowest BCUT2D eigenvalue weighted by atomic mass is 10.3. The molecule has 0 radical (unpaired) electrons. The summed E-state index contributed by atoms with van der Waals surface area (Å²) in [6.45, 7) is 0. The van der Waals surface area contributed by atoms with Crippen molar-refractivity contribution >= 4 is 66.6 Å². The summed E-state index contributed by atoms with van der Waals surface area (Å²) in [5.41, 5.74) is 2.46. The largest absolute Gasteiger partial charge is 0.369 e. The molecular formula is C9H8Br2N4S. The fraction of sp³-hybridized carbons (Fsp3) is 0.222. The van der Waals surface area contributed by atoms with Crippen LogP contribution in [0.2, 0.25) is 0 Å². The van der Waals surface area contributed by atoms with Crippen molar-refractivity contribution in [3.05, 3.63) is 15.0 Å². The molecule has 0 fully saturated rings. The summed E-state index contributed by atoms with van der Waals surface area (Å²) in [5.74, 6) is 0. The smallest absolute Gasteiger partial charge is 0.132 e. The minimum absolute atomic E-state index is 0.806. The van der Waals surface area contributed by atoms with Gasteiger partial charge < -0.3 is 4.90 Å². The first-order valence-corrected chi connectivity index (χ1v) is 6.72. The topological polar surface area (TPSA) is 41.4 Å². The van der Waals surface area contributed by atoms with E-state index < -0.39 is 0 Å². The van der Waals surface area contributed by atoms with E-state index in [1.165, 1.54) is 11.7 Å². The molecular weight excluding hydrogens is 356 g/mol. The highest BCUT2D eigenvalue weighted by Gasteiger charge is 2.12. The van der Waals surface area contributed by atoms with E-state index in [4.69, 9.17) is 0 Å². The third-order valence-corrected chi connectivity index (χ3v) is 3.57. The van der Waals surface area contributed by atoms with Crippen molar-refractivity contribution < 1.29 is 0 Å². The first-order valence-electron chi connectivity index (χ1n) is 4.40. The van der Waals surface area contributed by atoms with Gasteiger partial charge in [0.15, 0.2) is 0 Å². The van der Waals surface area contributed by atoms with Crippen LogP contribution in [0.15, 0.2) is 20.0 Å². The zero-order valence-electron chi connectivity index (χ0n) is 8.61. The molecule has 0 atom stereocenters. The average Bonchev–Trinajstić information content (AvgIpc) is 2.65. The fourth-order valence-corrected chi connectivity index (χ4v) is 3.17. The van der Waals surface area contributed by atoms with Crippen LogP contribution >= 0.6 is 43.6 Å². The van der Waals surface area contributed by atoms with Crippen LogP contribution in [0, 0.1) is 0 Å². The lowest BCUT2D eigenvalue weighted by molar-refractivity contribution is 0.643. The van der Waals surface area contributed by atoms with Gasteiger partial charge in [-0.05, 0) is 37.9 Å². The zero-order valence-corrected chi connectivity index (χ0v) is 12.6. The molecule has 2 aromatic rings. The maximum atomic E-state index is 4.38. The average molecular weight is 364 g/mol. The Morgan fingerprint density at radius 3 is 2.62 bits per heavy atom. The van der Waals surface area contributed by atoms with Gasteiger partial charge in [-0.25, -0.2) is 4.99 Å². The van der Waals surface area contributed by atoms with Crippen molar-refractivity contribution in [3.8, 4) is 0 Å². The number of aliphatic imine (C=N–C) groups is 1. The van der Waals surface area contributed by atoms with E-state index in [0.717, 1.165) is 25.7 Å². The first-order chi connectivity index (χ1) is 7.59. The molecule has 1 aromatic heterocycles. The fourth-order valence-electron chi connectivity index (χ4n) is 1.16. The molecule has 0 bridgehead atoms. The van der Waals surface area contributed by atoms with Gasteiger partial charge in [-0.3, -0.25) is 0 Å². The Bertz CT molecular complexity index is 550. The van der Waals surface area contributed by atoms with Crippen LogP contribution in [0.1, 0.15) is 0 Å². The minimum atomic E-state index is 0.806. The summed E-state index contributed by atoms with van der Waals surface area (Å²) in [7, 11) is 3.85. The van der Waals surface area contributed by atoms with Crippen LogP contribution in [0.4, 0.5) is 5.69 Å². The van der Waals surface area contributed by atoms with Crippen molar-refractivity contribution in [1.29, 1.82) is 0 Å². The summed E-state index contributed by atoms with van der Waals surface area (Å²) < 4.78 is 10.3. The lowest BCUT2D eigenvalue weighted by Crippen LogP contribution is -2.07. The predicted molar refractivity (Wildman–Crippen MR) is 74.7 cm³/mol. The Morgan fingerprint density at radius 2 is 1.94 bits per heavy atom. The summed E-state index contributed by atoms with van der Waals surface area (Å²) in [6.07, 6.45) is 1.74. The zero-order chi connectivity index (χ0) is 11.7. The standard InChI is InChI=1S/C9H8Br2N4S/c1-15(2)4-12-7-5(10)3-6(11)8-9(7)14-16-13-8/h3-4H,1-2H3. The van der Waals surface area contributed by atoms with Gasteiger partial charge in [-0.2, -0.15) is 8.75 Å². The van der Waals surface area contributed by atoms with E-state index in [-0.39, 0.29) is 0 Å². The highest BCUT2D eigenvalue weighted by Crippen LogP contribution is 2.37. The van der Waals surface area contributed by atoms with Gasteiger partial charge in [0.2, 0.25) is 0 Å². The third-order valence-electron chi connectivity index (χ3n) is 1.84. The molecule has 0 aliphatic rings. The van der Waals surface area contributed by atoms with Gasteiger partial charge in [-0.1, -0.05) is 0 Å². The monoisotopic (exact) mass is 362 g/mol. The quantitative estimate of drug-likeness (QED) is 0.606. The van der Waals surface area contributed by atoms with Crippen molar-refractivity contribution in [3.63, 3.8) is 0 Å². The van der Waals surface area contributed by atoms with Crippen molar-refractivity contribution in [2.75, 3.05) is 14.1 Å². The molecule has 0 aliphatic carbocycles. The highest BCUT2D eigenvalue weighted by atomic mass is 79.9. The first kappa shape index (κ1) is 11.9. The maximum absolute atomic E-state index is 4.38. The van der Waals surface area contributed by atoms with Crippen molar-refractivity contribution in [2.45, 2.75) is 0 Å². The molecule has 7 heteroatoms. The Kier molecular flexibility index (Phi) is 3.56. The summed E-state index contributed by atoms with van der Waals surface area (Å²) >= 11 is 8.12. The number of rotatable bonds is 2. The normalized spacial score (nSPS) is 11.5. The van der Waals surface area contributed by atoms with Crippen molar-refractivity contribution in [2.24, 2.45) is 4.99 Å². The summed E-state index contributed by atoms with van der Waals surface area (Å²) in [6, 6.07) is 1.94.